The molecule has 206 valence electrons. The number of hydrogen-bond acceptors (Lipinski definition) is 12. The van der Waals surface area contributed by atoms with Gasteiger partial charge >= 0.3 is 11.4 Å². The molecule has 0 aliphatic rings. The Morgan fingerprint density at radius 1 is 0.575 bits per heavy atom. The topological polar surface area (TPSA) is 221 Å². The van der Waals surface area contributed by atoms with Crippen LogP contribution in [0.5, 0.6) is 0 Å². The van der Waals surface area contributed by atoms with Gasteiger partial charge in [0.1, 0.15) is 11.4 Å². The maximum atomic E-state index is 11.3. The van der Waals surface area contributed by atoms with Crippen molar-refractivity contribution in [3.8, 4) is 0 Å². The second-order valence-electron chi connectivity index (χ2n) is 8.50. The van der Waals surface area contributed by atoms with Crippen LogP contribution in [0.3, 0.4) is 0 Å². The Hall–Kier alpha value is -5.80. The summed E-state index contributed by atoms with van der Waals surface area (Å²) in [6.07, 6.45) is 2.96. The predicted molar refractivity (Wildman–Crippen MR) is 147 cm³/mol. The van der Waals surface area contributed by atoms with E-state index < -0.39 is 42.4 Å². The van der Waals surface area contributed by atoms with Crippen LogP contribution < -0.4 is 10.9 Å². The van der Waals surface area contributed by atoms with Crippen LogP contribution in [0.4, 0.5) is 34.1 Å². The minimum atomic E-state index is -0.747. The lowest BCUT2D eigenvalue weighted by Gasteiger charge is -2.16. The minimum Gasteiger partial charge on any atom is -0.272 e. The molecular weight excluding hydrogens is 528 g/mol. The monoisotopic (exact) mass is 550 g/mol. The zero-order valence-corrected chi connectivity index (χ0v) is 21.6. The third kappa shape index (κ3) is 6.01. The normalized spacial score (nSPS) is 11.1. The molecule has 0 heterocycles. The van der Waals surface area contributed by atoms with Gasteiger partial charge in [-0.05, 0) is 62.1 Å². The molecule has 0 radical (unpaired) electrons. The standard InChI is InChI=1S/C24H22N8O8/c1-13-14(2)20(12-26-28-22-8-6-18(30(35)36)10-24(22)32(39)40)16(4)15(3)19(13)11-25-27-21-7-5-17(29(33)34)9-23(21)31(37)38/h5-12,27-28H,1-4H3/b25-11-,26-12-. The summed E-state index contributed by atoms with van der Waals surface area (Å²) < 4.78 is 0. The van der Waals surface area contributed by atoms with E-state index in [-0.39, 0.29) is 11.4 Å². The van der Waals surface area contributed by atoms with Crippen molar-refractivity contribution in [3.05, 3.63) is 110 Å². The van der Waals surface area contributed by atoms with Gasteiger partial charge in [0.05, 0.1) is 44.3 Å². The molecule has 0 aliphatic carbocycles. The van der Waals surface area contributed by atoms with Crippen molar-refractivity contribution in [1.29, 1.82) is 0 Å². The maximum absolute atomic E-state index is 11.3. The third-order valence-corrected chi connectivity index (χ3v) is 6.28. The summed E-state index contributed by atoms with van der Waals surface area (Å²) in [7, 11) is 0. The molecule has 3 aromatic carbocycles. The number of non-ortho nitro benzene ring substituents is 2. The summed E-state index contributed by atoms with van der Waals surface area (Å²) in [6, 6.07) is 6.34. The lowest BCUT2D eigenvalue weighted by molar-refractivity contribution is -0.393. The van der Waals surface area contributed by atoms with Crippen LogP contribution in [-0.2, 0) is 0 Å². The molecule has 0 atom stereocenters. The van der Waals surface area contributed by atoms with Gasteiger partial charge in [0.2, 0.25) is 0 Å². The average molecular weight is 550 g/mol. The highest BCUT2D eigenvalue weighted by atomic mass is 16.6. The van der Waals surface area contributed by atoms with Gasteiger partial charge in [-0.25, -0.2) is 0 Å². The maximum Gasteiger partial charge on any atom is 0.301 e. The van der Waals surface area contributed by atoms with E-state index in [1.807, 2.05) is 27.7 Å². The van der Waals surface area contributed by atoms with Crippen molar-refractivity contribution in [2.45, 2.75) is 27.7 Å². The van der Waals surface area contributed by atoms with E-state index >= 15 is 0 Å². The fourth-order valence-electron chi connectivity index (χ4n) is 3.85. The Balaban J connectivity index is 1.88. The fraction of sp³-hybridized carbons (Fsp3) is 0.167. The Morgan fingerprint density at radius 3 is 1.18 bits per heavy atom. The number of hydrogen-bond donors (Lipinski definition) is 2. The summed E-state index contributed by atoms with van der Waals surface area (Å²) in [5, 5.41) is 52.8. The van der Waals surface area contributed by atoms with Crippen LogP contribution in [0.1, 0.15) is 33.4 Å². The molecular formula is C24H22N8O8. The van der Waals surface area contributed by atoms with Crippen molar-refractivity contribution in [1.82, 2.24) is 0 Å². The Kier molecular flexibility index (Phi) is 8.43. The number of nitro groups is 4. The molecule has 3 aromatic rings. The Morgan fingerprint density at radius 2 is 0.900 bits per heavy atom. The lowest BCUT2D eigenvalue weighted by Crippen LogP contribution is -2.06. The minimum absolute atomic E-state index is 0.0224. The van der Waals surface area contributed by atoms with Crippen LogP contribution in [0.15, 0.2) is 46.6 Å². The number of benzene rings is 3. The van der Waals surface area contributed by atoms with Crippen LogP contribution in [0.25, 0.3) is 0 Å². The van der Waals surface area contributed by atoms with Gasteiger partial charge in [0.25, 0.3) is 11.4 Å². The number of rotatable bonds is 10. The highest BCUT2D eigenvalue weighted by Crippen LogP contribution is 2.31. The van der Waals surface area contributed by atoms with E-state index in [1.54, 1.807) is 0 Å². The van der Waals surface area contributed by atoms with Gasteiger partial charge in [-0.1, -0.05) is 0 Å². The molecule has 0 saturated carbocycles. The highest BCUT2D eigenvalue weighted by molar-refractivity contribution is 5.92. The van der Waals surface area contributed by atoms with E-state index in [1.165, 1.54) is 24.6 Å². The van der Waals surface area contributed by atoms with Crippen molar-refractivity contribution in [2.24, 2.45) is 10.2 Å². The van der Waals surface area contributed by atoms with E-state index in [0.29, 0.717) is 0 Å². The van der Waals surface area contributed by atoms with Gasteiger partial charge in [0, 0.05) is 23.3 Å². The van der Waals surface area contributed by atoms with Crippen LogP contribution in [0.2, 0.25) is 0 Å². The number of hydrazone groups is 2. The van der Waals surface area contributed by atoms with Crippen LogP contribution in [-0.4, -0.2) is 32.1 Å². The molecule has 3 rings (SSSR count). The van der Waals surface area contributed by atoms with E-state index in [0.717, 1.165) is 57.6 Å². The number of nitro benzene ring substituents is 4. The van der Waals surface area contributed by atoms with E-state index in [4.69, 9.17) is 0 Å². The summed E-state index contributed by atoms with van der Waals surface area (Å²) >= 11 is 0. The number of anilines is 2. The molecule has 0 amide bonds. The predicted octanol–water partition coefficient (Wildman–Crippen LogP) is 5.45. The molecule has 0 unspecified atom stereocenters. The van der Waals surface area contributed by atoms with Gasteiger partial charge in [-0.15, -0.1) is 0 Å². The molecule has 0 aromatic heterocycles. The third-order valence-electron chi connectivity index (χ3n) is 6.28. The molecule has 0 aliphatic heterocycles. The Bertz CT molecular complexity index is 1470. The second kappa shape index (κ2) is 11.7. The smallest absolute Gasteiger partial charge is 0.272 e. The first-order valence-corrected chi connectivity index (χ1v) is 11.4. The zero-order chi connectivity index (χ0) is 29.7. The van der Waals surface area contributed by atoms with Crippen LogP contribution >= 0.6 is 0 Å². The van der Waals surface area contributed by atoms with E-state index in [9.17, 15) is 40.5 Å². The van der Waals surface area contributed by atoms with Crippen molar-refractivity contribution >= 4 is 46.6 Å². The average Bonchev–Trinajstić information content (AvgIpc) is 2.91. The molecule has 0 saturated heterocycles. The summed E-state index contributed by atoms with van der Waals surface area (Å²) in [5.41, 5.74) is 7.95. The number of nitrogens with one attached hydrogen (secondary N) is 2. The molecule has 0 bridgehead atoms. The molecule has 16 heteroatoms. The van der Waals surface area contributed by atoms with E-state index in [2.05, 4.69) is 21.1 Å². The number of nitrogens with zero attached hydrogens (tertiary/aromatic N) is 6. The van der Waals surface area contributed by atoms with Gasteiger partial charge in [-0.2, -0.15) is 10.2 Å². The van der Waals surface area contributed by atoms with Crippen molar-refractivity contribution in [2.75, 3.05) is 10.9 Å². The molecule has 0 fully saturated rings. The first-order chi connectivity index (χ1) is 18.8. The summed E-state index contributed by atoms with van der Waals surface area (Å²) in [6.45, 7) is 7.35. The molecule has 0 spiro atoms. The summed E-state index contributed by atoms with van der Waals surface area (Å²) in [4.78, 5) is 41.6. The van der Waals surface area contributed by atoms with Crippen LogP contribution in [0, 0.1) is 68.2 Å². The van der Waals surface area contributed by atoms with Gasteiger partial charge < -0.3 is 0 Å². The largest absolute Gasteiger partial charge is 0.301 e. The lowest BCUT2D eigenvalue weighted by atomic mass is 9.90. The van der Waals surface area contributed by atoms with Gasteiger partial charge in [-0.3, -0.25) is 51.3 Å². The summed E-state index contributed by atoms with van der Waals surface area (Å²) in [5.74, 6) is 0. The first-order valence-electron chi connectivity index (χ1n) is 11.4. The SMILES string of the molecule is Cc1c(C)c(/C=N\Nc2ccc([N+](=O)[O-])cc2[N+](=O)[O-])c(C)c(C)c1/C=N\Nc1ccc([N+](=O)[O-])cc1[N+](=O)[O-]. The van der Waals surface area contributed by atoms with Crippen molar-refractivity contribution in [3.63, 3.8) is 0 Å². The molecule has 16 nitrogen and oxygen atoms in total. The van der Waals surface area contributed by atoms with Gasteiger partial charge in [0.15, 0.2) is 0 Å². The first kappa shape index (κ1) is 28.8. The quantitative estimate of drug-likeness (QED) is 0.184. The Labute approximate surface area is 225 Å². The fourth-order valence-corrected chi connectivity index (χ4v) is 3.85. The van der Waals surface area contributed by atoms with Crippen molar-refractivity contribution < 1.29 is 19.7 Å². The molecule has 2 N–H and O–H groups in total. The second-order valence-corrected chi connectivity index (χ2v) is 8.50. The zero-order valence-electron chi connectivity index (χ0n) is 21.6. The highest BCUT2D eigenvalue weighted by Gasteiger charge is 2.21. The molecule has 40 heavy (non-hydrogen) atoms.